The molecule has 16 heavy (non-hydrogen) atoms. The average Bonchev–Trinajstić information content (AvgIpc) is 2.15. The molecule has 0 amide bonds. The van der Waals surface area contributed by atoms with E-state index < -0.39 is 12.2 Å². The number of nitrogens with zero attached hydrogens (tertiary/aromatic N) is 1. The Morgan fingerprint density at radius 1 is 1.31 bits per heavy atom. The lowest BCUT2D eigenvalue weighted by atomic mass is 10.0. The number of ketones is 1. The third-order valence-electron chi connectivity index (χ3n) is 2.53. The van der Waals surface area contributed by atoms with E-state index in [2.05, 4.69) is 4.99 Å². The van der Waals surface area contributed by atoms with Crippen LogP contribution in [0.2, 0.25) is 0 Å². The fourth-order valence-electron chi connectivity index (χ4n) is 1.49. The van der Waals surface area contributed by atoms with E-state index in [0.29, 0.717) is 12.1 Å². The van der Waals surface area contributed by atoms with Crippen molar-refractivity contribution >= 4 is 11.5 Å². The van der Waals surface area contributed by atoms with Crippen molar-refractivity contribution in [2.45, 2.75) is 59.3 Å². The van der Waals surface area contributed by atoms with E-state index in [1.807, 2.05) is 20.8 Å². The zero-order chi connectivity index (χ0) is 12.9. The predicted octanol–water partition coefficient (Wildman–Crippen LogP) is 2.14. The van der Waals surface area contributed by atoms with Crippen LogP contribution in [-0.4, -0.2) is 29.8 Å². The number of halogens is 1. The van der Waals surface area contributed by atoms with E-state index in [-0.39, 0.29) is 17.7 Å². The van der Waals surface area contributed by atoms with Gasteiger partial charge in [-0.2, -0.15) is 0 Å². The maximum absolute atomic E-state index is 13.5. The minimum absolute atomic E-state index is 0.0552. The van der Waals surface area contributed by atoms with Crippen LogP contribution in [0.1, 0.15) is 41.0 Å². The summed E-state index contributed by atoms with van der Waals surface area (Å²) >= 11 is 0. The summed E-state index contributed by atoms with van der Waals surface area (Å²) in [5.41, 5.74) is 6.10. The van der Waals surface area contributed by atoms with Gasteiger partial charge in [-0.05, 0) is 33.1 Å². The topological polar surface area (TPSA) is 55.5 Å². The van der Waals surface area contributed by atoms with Gasteiger partial charge >= 0.3 is 0 Å². The van der Waals surface area contributed by atoms with E-state index in [1.54, 1.807) is 6.92 Å². The molecule has 0 aromatic carbocycles. The highest BCUT2D eigenvalue weighted by atomic mass is 19.1. The first-order valence-electron chi connectivity index (χ1n) is 5.70. The molecule has 0 aromatic heterocycles. The summed E-state index contributed by atoms with van der Waals surface area (Å²) in [5, 5.41) is 0. The molecule has 2 N–H and O–H groups in total. The van der Waals surface area contributed by atoms with Crippen LogP contribution in [0.25, 0.3) is 0 Å². The lowest BCUT2D eigenvalue weighted by molar-refractivity contribution is -0.118. The molecule has 3 nitrogen and oxygen atoms in total. The molecule has 0 saturated carbocycles. The normalized spacial score (nSPS) is 18.4. The van der Waals surface area contributed by atoms with E-state index in [9.17, 15) is 9.18 Å². The van der Waals surface area contributed by atoms with Crippen molar-refractivity contribution in [2.24, 2.45) is 16.6 Å². The predicted molar refractivity (Wildman–Crippen MR) is 65.6 cm³/mol. The summed E-state index contributed by atoms with van der Waals surface area (Å²) in [6, 6.07) is -0.612. The van der Waals surface area contributed by atoms with Crippen LogP contribution in [-0.2, 0) is 4.79 Å². The summed E-state index contributed by atoms with van der Waals surface area (Å²) in [6.07, 6.45) is -0.548. The number of rotatable bonds is 6. The lowest BCUT2D eigenvalue weighted by Crippen LogP contribution is -2.32. The Balaban J connectivity index is 4.36. The summed E-state index contributed by atoms with van der Waals surface area (Å²) in [4.78, 5) is 15.2. The van der Waals surface area contributed by atoms with E-state index >= 15 is 0 Å². The number of alkyl halides is 1. The molecule has 0 aromatic rings. The summed E-state index contributed by atoms with van der Waals surface area (Å²) in [5.74, 6) is -0.127. The van der Waals surface area contributed by atoms with Gasteiger partial charge in [-0.15, -0.1) is 0 Å². The highest BCUT2D eigenvalue weighted by molar-refractivity contribution is 5.86. The molecule has 0 aliphatic rings. The van der Waals surface area contributed by atoms with Crippen LogP contribution < -0.4 is 5.73 Å². The number of aliphatic imine (C=N–C) groups is 1. The van der Waals surface area contributed by atoms with Gasteiger partial charge in [0, 0.05) is 11.8 Å². The van der Waals surface area contributed by atoms with Crippen LogP contribution in [0.4, 0.5) is 4.39 Å². The quantitative estimate of drug-likeness (QED) is 0.711. The number of nitrogens with two attached hydrogens (primary N) is 1. The summed E-state index contributed by atoms with van der Waals surface area (Å²) in [7, 11) is 0. The fraction of sp³-hybridized carbons (Fsp3) is 0.833. The second-order valence-electron chi connectivity index (χ2n) is 4.72. The molecule has 0 spiro atoms. The Kier molecular flexibility index (Phi) is 6.41. The van der Waals surface area contributed by atoms with Crippen LogP contribution in [0.5, 0.6) is 0 Å². The molecule has 0 aliphatic heterocycles. The molecule has 3 unspecified atom stereocenters. The zero-order valence-electron chi connectivity index (χ0n) is 10.8. The van der Waals surface area contributed by atoms with Crippen LogP contribution in [0.3, 0.4) is 0 Å². The van der Waals surface area contributed by atoms with Crippen molar-refractivity contribution in [2.75, 3.05) is 0 Å². The highest BCUT2D eigenvalue weighted by Crippen LogP contribution is 2.11. The maximum atomic E-state index is 13.5. The Hall–Kier alpha value is -0.770. The summed E-state index contributed by atoms with van der Waals surface area (Å²) < 4.78 is 13.5. The highest BCUT2D eigenvalue weighted by Gasteiger charge is 2.17. The third kappa shape index (κ3) is 5.35. The standard InChI is InChI=1S/C12H23FN2O/c1-7(2)12(13)9(4)15-8(3)6-11(14)10(5)16/h7-8,11-12H,6,14H2,1-5H3. The lowest BCUT2D eigenvalue weighted by Gasteiger charge is -2.16. The Bertz CT molecular complexity index is 264. The molecule has 3 atom stereocenters. The van der Waals surface area contributed by atoms with Gasteiger partial charge in [0.1, 0.15) is 12.0 Å². The number of hydrogen-bond acceptors (Lipinski definition) is 3. The van der Waals surface area contributed by atoms with Crippen molar-refractivity contribution in [1.29, 1.82) is 0 Å². The van der Waals surface area contributed by atoms with Gasteiger partial charge in [-0.3, -0.25) is 9.79 Å². The van der Waals surface area contributed by atoms with E-state index in [0.717, 1.165) is 0 Å². The molecule has 0 radical (unpaired) electrons. The summed E-state index contributed by atoms with van der Waals surface area (Å²) in [6.45, 7) is 8.62. The van der Waals surface area contributed by atoms with Gasteiger partial charge in [0.15, 0.2) is 0 Å². The average molecular weight is 230 g/mol. The molecule has 94 valence electrons. The van der Waals surface area contributed by atoms with Crippen LogP contribution >= 0.6 is 0 Å². The molecule has 0 saturated heterocycles. The van der Waals surface area contributed by atoms with Gasteiger partial charge in [-0.25, -0.2) is 4.39 Å². The number of Topliss-reactive ketones (excluding diaryl/α,β-unsaturated/α-hetero) is 1. The molecule has 0 rings (SSSR count). The minimum Gasteiger partial charge on any atom is -0.321 e. The van der Waals surface area contributed by atoms with E-state index in [1.165, 1.54) is 6.92 Å². The third-order valence-corrected chi connectivity index (χ3v) is 2.53. The number of hydrogen-bond donors (Lipinski definition) is 1. The van der Waals surface area contributed by atoms with Crippen molar-refractivity contribution in [1.82, 2.24) is 0 Å². The van der Waals surface area contributed by atoms with Gasteiger partial charge in [-0.1, -0.05) is 13.8 Å². The first-order chi connectivity index (χ1) is 7.25. The number of carbonyl (C=O) groups excluding carboxylic acids is 1. The monoisotopic (exact) mass is 230 g/mol. The second-order valence-corrected chi connectivity index (χ2v) is 4.72. The largest absolute Gasteiger partial charge is 0.321 e. The van der Waals surface area contributed by atoms with E-state index in [4.69, 9.17) is 5.73 Å². The molecular weight excluding hydrogens is 207 g/mol. The van der Waals surface area contributed by atoms with Crippen LogP contribution in [0, 0.1) is 5.92 Å². The van der Waals surface area contributed by atoms with Gasteiger partial charge in [0.2, 0.25) is 0 Å². The van der Waals surface area contributed by atoms with Crippen molar-refractivity contribution in [3.05, 3.63) is 0 Å². The van der Waals surface area contributed by atoms with Gasteiger partial charge in [0.25, 0.3) is 0 Å². The van der Waals surface area contributed by atoms with Gasteiger partial charge in [0.05, 0.1) is 6.04 Å². The molecule has 0 heterocycles. The Labute approximate surface area is 97.3 Å². The SMILES string of the molecule is CC(=O)C(N)CC(C)N=C(C)C(F)C(C)C. The van der Waals surface area contributed by atoms with Crippen molar-refractivity contribution in [3.63, 3.8) is 0 Å². The number of carbonyl (C=O) groups is 1. The molecule has 0 bridgehead atoms. The first kappa shape index (κ1) is 15.2. The second kappa shape index (κ2) is 6.74. The minimum atomic E-state index is -1.02. The fourth-order valence-corrected chi connectivity index (χ4v) is 1.49. The van der Waals surface area contributed by atoms with Crippen molar-refractivity contribution in [3.8, 4) is 0 Å². The van der Waals surface area contributed by atoms with Crippen molar-refractivity contribution < 1.29 is 9.18 Å². The van der Waals surface area contributed by atoms with Gasteiger partial charge < -0.3 is 5.73 Å². The Morgan fingerprint density at radius 3 is 2.19 bits per heavy atom. The first-order valence-corrected chi connectivity index (χ1v) is 5.70. The molecule has 0 fully saturated rings. The molecular formula is C12H23FN2O. The molecule has 0 aliphatic carbocycles. The molecule has 4 heteroatoms. The Morgan fingerprint density at radius 2 is 1.81 bits per heavy atom. The smallest absolute Gasteiger partial charge is 0.146 e. The zero-order valence-corrected chi connectivity index (χ0v) is 10.8. The maximum Gasteiger partial charge on any atom is 0.146 e. The van der Waals surface area contributed by atoms with Crippen LogP contribution in [0.15, 0.2) is 4.99 Å².